The summed E-state index contributed by atoms with van der Waals surface area (Å²) < 4.78 is 6.78. The van der Waals surface area contributed by atoms with E-state index in [4.69, 9.17) is 16.0 Å². The summed E-state index contributed by atoms with van der Waals surface area (Å²) in [7, 11) is -1.97. The van der Waals surface area contributed by atoms with E-state index in [1.165, 1.54) is 0 Å². The lowest BCUT2D eigenvalue weighted by Crippen LogP contribution is -2.47. The van der Waals surface area contributed by atoms with Crippen LogP contribution in [0.15, 0.2) is 12.1 Å². The fourth-order valence-electron chi connectivity index (χ4n) is 3.89. The summed E-state index contributed by atoms with van der Waals surface area (Å²) in [4.78, 5) is 0. The Bertz CT molecular complexity index is 548. The fourth-order valence-corrected chi connectivity index (χ4v) is 9.33. The molecule has 0 amide bonds. The van der Waals surface area contributed by atoms with Crippen molar-refractivity contribution in [3.63, 3.8) is 0 Å². The van der Waals surface area contributed by atoms with Crippen molar-refractivity contribution in [1.29, 1.82) is 0 Å². The van der Waals surface area contributed by atoms with Crippen molar-refractivity contribution in [1.82, 2.24) is 10.2 Å². The Morgan fingerprint density at radius 1 is 1.05 bits per heavy atom. The highest BCUT2D eigenvalue weighted by molar-refractivity contribution is 6.78. The molecule has 0 aliphatic heterocycles. The van der Waals surface area contributed by atoms with Crippen molar-refractivity contribution in [2.24, 2.45) is 0 Å². The van der Waals surface area contributed by atoms with Crippen molar-refractivity contribution >= 4 is 25.7 Å². The molecule has 0 bridgehead atoms. The standard InChI is InChI=1S/C17H27ClN2OSi/c1-11(2)22(12(3)4,13(5)6)21-15-9-7-8-14-10-16(18)19-20-17(14)15/h9-13H,7-8H2,1-6H3. The number of aromatic nitrogens is 2. The van der Waals surface area contributed by atoms with E-state index >= 15 is 0 Å². The normalized spacial score (nSPS) is 15.3. The first-order valence-corrected chi connectivity index (χ1v) is 10.7. The van der Waals surface area contributed by atoms with Gasteiger partial charge < -0.3 is 4.43 Å². The van der Waals surface area contributed by atoms with Gasteiger partial charge in [-0.15, -0.1) is 10.2 Å². The van der Waals surface area contributed by atoms with E-state index in [0.717, 1.165) is 29.9 Å². The Labute approximate surface area is 140 Å². The highest BCUT2D eigenvalue weighted by Gasteiger charge is 2.47. The van der Waals surface area contributed by atoms with E-state index in [1.807, 2.05) is 6.07 Å². The molecule has 5 heteroatoms. The van der Waals surface area contributed by atoms with Crippen LogP contribution in [0.25, 0.3) is 5.76 Å². The first kappa shape index (κ1) is 17.5. The average Bonchev–Trinajstić information content (AvgIpc) is 2.43. The molecule has 1 aliphatic carbocycles. The maximum Gasteiger partial charge on any atom is 0.258 e. The minimum absolute atomic E-state index is 0.458. The lowest BCUT2D eigenvalue weighted by atomic mass is 10.0. The van der Waals surface area contributed by atoms with Crippen LogP contribution in [0.2, 0.25) is 21.8 Å². The van der Waals surface area contributed by atoms with Crippen LogP contribution in [0.5, 0.6) is 0 Å². The van der Waals surface area contributed by atoms with Gasteiger partial charge in [0, 0.05) is 0 Å². The molecule has 1 aromatic rings. The van der Waals surface area contributed by atoms with Crippen molar-refractivity contribution in [3.05, 3.63) is 28.6 Å². The second-order valence-corrected chi connectivity index (χ2v) is 12.8. The predicted octanol–water partition coefficient (Wildman–Crippen LogP) is 5.61. The van der Waals surface area contributed by atoms with Gasteiger partial charge in [-0.3, -0.25) is 0 Å². The van der Waals surface area contributed by atoms with Gasteiger partial charge >= 0.3 is 0 Å². The second kappa shape index (κ2) is 6.71. The van der Waals surface area contributed by atoms with Gasteiger partial charge in [0.1, 0.15) is 11.5 Å². The van der Waals surface area contributed by atoms with Crippen LogP contribution in [-0.4, -0.2) is 18.5 Å². The third-order valence-electron chi connectivity index (χ3n) is 4.81. The lowest BCUT2D eigenvalue weighted by Gasteiger charge is -2.43. The van der Waals surface area contributed by atoms with E-state index in [9.17, 15) is 0 Å². The van der Waals surface area contributed by atoms with Crippen LogP contribution < -0.4 is 0 Å². The summed E-state index contributed by atoms with van der Waals surface area (Å²) in [6, 6.07) is 1.92. The zero-order chi connectivity index (χ0) is 16.5. The zero-order valence-electron chi connectivity index (χ0n) is 14.5. The minimum Gasteiger partial charge on any atom is -0.541 e. The molecule has 122 valence electrons. The van der Waals surface area contributed by atoms with Crippen LogP contribution in [0.1, 0.15) is 59.2 Å². The Balaban J connectivity index is 2.42. The molecule has 1 aliphatic rings. The quantitative estimate of drug-likeness (QED) is 0.654. The molecular formula is C17H27ClN2OSi. The van der Waals surface area contributed by atoms with Gasteiger partial charge in [-0.2, -0.15) is 0 Å². The van der Waals surface area contributed by atoms with Gasteiger partial charge in [-0.05, 0) is 47.2 Å². The molecular weight excluding hydrogens is 312 g/mol. The molecule has 22 heavy (non-hydrogen) atoms. The fraction of sp³-hybridized carbons (Fsp3) is 0.647. The number of allylic oxidation sites excluding steroid dienone is 1. The topological polar surface area (TPSA) is 35.0 Å². The molecule has 0 unspecified atom stereocenters. The van der Waals surface area contributed by atoms with Crippen molar-refractivity contribution in [2.75, 3.05) is 0 Å². The van der Waals surface area contributed by atoms with E-state index in [-0.39, 0.29) is 0 Å². The zero-order valence-corrected chi connectivity index (χ0v) is 16.2. The molecule has 1 aromatic heterocycles. The van der Waals surface area contributed by atoms with E-state index in [2.05, 4.69) is 57.8 Å². The number of nitrogens with zero attached hydrogens (tertiary/aromatic N) is 2. The lowest BCUT2D eigenvalue weighted by molar-refractivity contribution is 0.437. The first-order valence-electron chi connectivity index (χ1n) is 8.20. The number of hydrogen-bond donors (Lipinski definition) is 0. The molecule has 0 saturated heterocycles. The summed E-state index contributed by atoms with van der Waals surface area (Å²) >= 11 is 5.98. The Hall–Kier alpha value is -0.873. The van der Waals surface area contributed by atoms with Crippen LogP contribution in [-0.2, 0) is 10.8 Å². The largest absolute Gasteiger partial charge is 0.541 e. The number of hydrogen-bond acceptors (Lipinski definition) is 3. The van der Waals surface area contributed by atoms with Crippen molar-refractivity contribution < 1.29 is 4.43 Å². The third kappa shape index (κ3) is 3.09. The summed E-state index contributed by atoms with van der Waals surface area (Å²) in [5.74, 6) is 0.924. The highest BCUT2D eigenvalue weighted by atomic mass is 35.5. The SMILES string of the molecule is CC(C)[Si](OC1=CCCc2cc(Cl)nnc21)(C(C)C)C(C)C. The average molecular weight is 339 g/mol. The van der Waals surface area contributed by atoms with E-state index in [0.29, 0.717) is 21.8 Å². The summed E-state index contributed by atoms with van der Waals surface area (Å²) in [5.41, 5.74) is 3.66. The van der Waals surface area contributed by atoms with Crippen molar-refractivity contribution in [3.8, 4) is 0 Å². The Kier molecular flexibility index (Phi) is 5.33. The van der Waals surface area contributed by atoms with Gasteiger partial charge in [0.15, 0.2) is 5.15 Å². The van der Waals surface area contributed by atoms with Crippen LogP contribution >= 0.6 is 11.6 Å². The van der Waals surface area contributed by atoms with E-state index in [1.54, 1.807) is 0 Å². The third-order valence-corrected chi connectivity index (χ3v) is 11.0. The monoisotopic (exact) mass is 338 g/mol. The van der Waals surface area contributed by atoms with Crippen LogP contribution in [0.4, 0.5) is 0 Å². The molecule has 0 radical (unpaired) electrons. The smallest absolute Gasteiger partial charge is 0.258 e. The molecule has 1 heterocycles. The number of rotatable bonds is 5. The molecule has 0 N–H and O–H groups in total. The molecule has 2 rings (SSSR count). The second-order valence-electron chi connectivity index (χ2n) is 7.07. The summed E-state index contributed by atoms with van der Waals surface area (Å²) in [6.45, 7) is 13.8. The summed E-state index contributed by atoms with van der Waals surface area (Å²) in [6.07, 6.45) is 4.11. The van der Waals surface area contributed by atoms with Gasteiger partial charge in [0.25, 0.3) is 8.32 Å². The van der Waals surface area contributed by atoms with E-state index < -0.39 is 8.32 Å². The van der Waals surface area contributed by atoms with Gasteiger partial charge in [0.2, 0.25) is 0 Å². The number of aryl methyl sites for hydroxylation is 1. The Morgan fingerprint density at radius 3 is 2.18 bits per heavy atom. The molecule has 0 fully saturated rings. The van der Waals surface area contributed by atoms with Gasteiger partial charge in [-0.1, -0.05) is 53.1 Å². The van der Waals surface area contributed by atoms with Gasteiger partial charge in [-0.25, -0.2) is 0 Å². The van der Waals surface area contributed by atoms with Gasteiger partial charge in [0.05, 0.1) is 0 Å². The molecule has 0 aromatic carbocycles. The summed E-state index contributed by atoms with van der Waals surface area (Å²) in [5, 5.41) is 8.79. The molecule has 3 nitrogen and oxygen atoms in total. The molecule has 0 atom stereocenters. The maximum atomic E-state index is 6.78. The Morgan fingerprint density at radius 2 is 1.64 bits per heavy atom. The number of fused-ring (bicyclic) bond motifs is 1. The highest BCUT2D eigenvalue weighted by Crippen LogP contribution is 2.45. The molecule has 0 spiro atoms. The predicted molar refractivity (Wildman–Crippen MR) is 95.5 cm³/mol. The minimum atomic E-state index is -1.97. The maximum absolute atomic E-state index is 6.78. The first-order chi connectivity index (χ1) is 10.3. The molecule has 0 saturated carbocycles. The van der Waals surface area contributed by atoms with Crippen LogP contribution in [0, 0.1) is 0 Å². The van der Waals surface area contributed by atoms with Crippen LogP contribution in [0.3, 0.4) is 0 Å². The number of halogens is 1. The van der Waals surface area contributed by atoms with Crippen molar-refractivity contribution in [2.45, 2.75) is 71.0 Å².